The highest BCUT2D eigenvalue weighted by Crippen LogP contribution is 2.41. The molecule has 0 aromatic carbocycles. The summed E-state index contributed by atoms with van der Waals surface area (Å²) in [6, 6.07) is 2.23. The lowest BCUT2D eigenvalue weighted by Crippen LogP contribution is -2.50. The fraction of sp³-hybridized carbons (Fsp3) is 0.778. The number of aromatic nitrogens is 2. The minimum Gasteiger partial charge on any atom is -0.390 e. The van der Waals surface area contributed by atoms with Crippen LogP contribution in [0.3, 0.4) is 0 Å². The zero-order valence-electron chi connectivity index (χ0n) is 14.5. The van der Waals surface area contributed by atoms with Crippen molar-refractivity contribution < 1.29 is 9.90 Å². The Labute approximate surface area is 138 Å². The molecule has 128 valence electrons. The fourth-order valence-electron chi connectivity index (χ4n) is 4.30. The summed E-state index contributed by atoms with van der Waals surface area (Å²) in [6.07, 6.45) is 8.00. The maximum Gasteiger partial charge on any atom is 0.274 e. The smallest absolute Gasteiger partial charge is 0.274 e. The van der Waals surface area contributed by atoms with Gasteiger partial charge in [0.2, 0.25) is 0 Å². The van der Waals surface area contributed by atoms with Gasteiger partial charge in [0, 0.05) is 30.7 Å². The van der Waals surface area contributed by atoms with Gasteiger partial charge in [0.25, 0.3) is 5.91 Å². The molecule has 0 radical (unpaired) electrons. The van der Waals surface area contributed by atoms with Gasteiger partial charge in [0.15, 0.2) is 0 Å². The molecule has 1 saturated carbocycles. The minimum absolute atomic E-state index is 0.0215. The summed E-state index contributed by atoms with van der Waals surface area (Å²) in [5, 5.41) is 15.2. The Balaban J connectivity index is 1.79. The van der Waals surface area contributed by atoms with Gasteiger partial charge in [-0.1, -0.05) is 12.8 Å². The molecule has 1 aliphatic heterocycles. The average Bonchev–Trinajstić information content (AvgIpc) is 3.15. The van der Waals surface area contributed by atoms with E-state index in [9.17, 15) is 9.90 Å². The van der Waals surface area contributed by atoms with Gasteiger partial charge in [-0.05, 0) is 52.5 Å². The fourth-order valence-corrected chi connectivity index (χ4v) is 4.30. The van der Waals surface area contributed by atoms with E-state index >= 15 is 0 Å². The van der Waals surface area contributed by atoms with Crippen molar-refractivity contribution in [2.45, 2.75) is 77.0 Å². The van der Waals surface area contributed by atoms with E-state index < -0.39 is 5.60 Å². The van der Waals surface area contributed by atoms with Crippen LogP contribution in [0.25, 0.3) is 0 Å². The summed E-state index contributed by atoms with van der Waals surface area (Å²) in [6.45, 7) is 6.84. The Morgan fingerprint density at radius 3 is 2.78 bits per heavy atom. The van der Waals surface area contributed by atoms with Crippen molar-refractivity contribution in [1.82, 2.24) is 14.7 Å². The number of aliphatic hydroxyl groups is 1. The van der Waals surface area contributed by atoms with Crippen LogP contribution in [0, 0.1) is 5.92 Å². The largest absolute Gasteiger partial charge is 0.390 e. The van der Waals surface area contributed by atoms with E-state index in [-0.39, 0.29) is 23.9 Å². The molecule has 1 aromatic heterocycles. The molecular formula is C18H29N3O2. The number of hydrogen-bond acceptors (Lipinski definition) is 3. The molecule has 0 spiro atoms. The van der Waals surface area contributed by atoms with Crippen molar-refractivity contribution in [3.05, 3.63) is 18.0 Å². The van der Waals surface area contributed by atoms with Crippen molar-refractivity contribution in [2.24, 2.45) is 5.92 Å². The molecule has 1 amide bonds. The zero-order chi connectivity index (χ0) is 16.6. The first kappa shape index (κ1) is 16.5. The molecule has 2 fully saturated rings. The van der Waals surface area contributed by atoms with E-state index in [1.165, 1.54) is 0 Å². The molecule has 1 saturated heterocycles. The highest BCUT2D eigenvalue weighted by Gasteiger charge is 2.45. The second-order valence-electron chi connectivity index (χ2n) is 7.69. The van der Waals surface area contributed by atoms with E-state index in [0.717, 1.165) is 45.1 Å². The predicted octanol–water partition coefficient (Wildman–Crippen LogP) is 3.01. The van der Waals surface area contributed by atoms with Crippen molar-refractivity contribution in [3.8, 4) is 0 Å². The van der Waals surface area contributed by atoms with E-state index in [2.05, 4.69) is 18.9 Å². The number of nitrogens with zero attached hydrogens (tertiary/aromatic N) is 3. The van der Waals surface area contributed by atoms with Crippen LogP contribution in [0.4, 0.5) is 0 Å². The van der Waals surface area contributed by atoms with Gasteiger partial charge >= 0.3 is 0 Å². The number of carbonyl (C=O) groups excluding carboxylic acids is 1. The lowest BCUT2D eigenvalue weighted by atomic mass is 9.72. The molecule has 23 heavy (non-hydrogen) atoms. The minimum atomic E-state index is -0.650. The van der Waals surface area contributed by atoms with Gasteiger partial charge < -0.3 is 10.0 Å². The molecule has 1 N–H and O–H groups in total. The molecule has 1 aromatic rings. The Morgan fingerprint density at radius 2 is 2.13 bits per heavy atom. The normalized spacial score (nSPS) is 31.8. The van der Waals surface area contributed by atoms with Crippen LogP contribution in [0.15, 0.2) is 12.3 Å². The summed E-state index contributed by atoms with van der Waals surface area (Å²) in [5.74, 6) is 0.211. The Morgan fingerprint density at radius 1 is 1.35 bits per heavy atom. The summed E-state index contributed by atoms with van der Waals surface area (Å²) in [4.78, 5) is 14.9. The number of hydrogen-bond donors (Lipinski definition) is 1. The third kappa shape index (κ3) is 3.16. The lowest BCUT2D eigenvalue weighted by Gasteiger charge is -2.43. The Kier molecular flexibility index (Phi) is 4.50. The second-order valence-corrected chi connectivity index (χ2v) is 7.69. The first-order valence-corrected chi connectivity index (χ1v) is 8.98. The monoisotopic (exact) mass is 319 g/mol. The summed E-state index contributed by atoms with van der Waals surface area (Å²) in [5.41, 5.74) is -0.121. The van der Waals surface area contributed by atoms with E-state index in [4.69, 9.17) is 0 Å². The number of rotatable bonds is 3. The third-order valence-electron chi connectivity index (χ3n) is 5.63. The van der Waals surface area contributed by atoms with Crippen LogP contribution in [0.5, 0.6) is 0 Å². The van der Waals surface area contributed by atoms with Crippen molar-refractivity contribution in [2.75, 3.05) is 6.54 Å². The van der Waals surface area contributed by atoms with E-state index in [1.807, 2.05) is 28.8 Å². The van der Waals surface area contributed by atoms with Gasteiger partial charge in [0.1, 0.15) is 5.69 Å². The van der Waals surface area contributed by atoms with Gasteiger partial charge in [-0.25, -0.2) is 0 Å². The van der Waals surface area contributed by atoms with E-state index in [1.54, 1.807) is 0 Å². The average molecular weight is 319 g/mol. The molecule has 5 heteroatoms. The van der Waals surface area contributed by atoms with Gasteiger partial charge in [-0.15, -0.1) is 0 Å². The Hall–Kier alpha value is -1.36. The third-order valence-corrected chi connectivity index (χ3v) is 5.63. The molecule has 2 aliphatic rings. The molecule has 3 atom stereocenters. The zero-order valence-corrected chi connectivity index (χ0v) is 14.5. The highest BCUT2D eigenvalue weighted by molar-refractivity contribution is 5.92. The summed E-state index contributed by atoms with van der Waals surface area (Å²) >= 11 is 0. The van der Waals surface area contributed by atoms with Crippen LogP contribution in [0.2, 0.25) is 0 Å². The number of amides is 1. The standard InChI is InChI=1S/C18H29N3O2/c1-13(2)21-12-9-15(19-21)17(22)20-11-6-8-16(20)14-7-4-5-10-18(14,3)23/h9,12-14,16,23H,4-8,10-11H2,1-3H3/t14-,16-,18+/m1/s1. The first-order valence-electron chi connectivity index (χ1n) is 8.98. The van der Waals surface area contributed by atoms with Crippen LogP contribution in [0.1, 0.15) is 75.8 Å². The lowest BCUT2D eigenvalue weighted by molar-refractivity contribution is -0.0578. The summed E-state index contributed by atoms with van der Waals surface area (Å²) < 4.78 is 1.83. The van der Waals surface area contributed by atoms with Crippen molar-refractivity contribution in [3.63, 3.8) is 0 Å². The van der Waals surface area contributed by atoms with Crippen molar-refractivity contribution in [1.29, 1.82) is 0 Å². The first-order chi connectivity index (χ1) is 10.9. The molecule has 5 nitrogen and oxygen atoms in total. The van der Waals surface area contributed by atoms with Gasteiger partial charge in [-0.2, -0.15) is 5.10 Å². The SMILES string of the molecule is CC(C)n1ccc(C(=O)N2CCC[C@@H]2[C@H]2CCCC[C@]2(C)O)n1. The van der Waals surface area contributed by atoms with Gasteiger partial charge in [0.05, 0.1) is 5.60 Å². The van der Waals surface area contributed by atoms with E-state index in [0.29, 0.717) is 5.69 Å². The highest BCUT2D eigenvalue weighted by atomic mass is 16.3. The van der Waals surface area contributed by atoms with Crippen LogP contribution in [-0.4, -0.2) is 43.9 Å². The maximum absolute atomic E-state index is 12.9. The number of likely N-dealkylation sites (tertiary alicyclic amines) is 1. The Bertz CT molecular complexity index is 564. The second kappa shape index (κ2) is 6.27. The number of carbonyl (C=O) groups is 1. The molecule has 1 aliphatic carbocycles. The van der Waals surface area contributed by atoms with Crippen LogP contribution in [-0.2, 0) is 0 Å². The molecule has 3 rings (SSSR count). The van der Waals surface area contributed by atoms with Crippen LogP contribution < -0.4 is 0 Å². The topological polar surface area (TPSA) is 58.4 Å². The molecular weight excluding hydrogens is 290 g/mol. The predicted molar refractivity (Wildman–Crippen MR) is 89.3 cm³/mol. The van der Waals surface area contributed by atoms with Gasteiger partial charge in [-0.3, -0.25) is 9.48 Å². The summed E-state index contributed by atoms with van der Waals surface area (Å²) in [7, 11) is 0. The molecule has 0 bridgehead atoms. The molecule has 0 unspecified atom stereocenters. The molecule has 2 heterocycles. The quantitative estimate of drug-likeness (QED) is 0.931. The maximum atomic E-state index is 12.9. The van der Waals surface area contributed by atoms with Crippen LogP contribution >= 0.6 is 0 Å². The van der Waals surface area contributed by atoms with Crippen molar-refractivity contribution >= 4 is 5.91 Å².